The van der Waals surface area contributed by atoms with Gasteiger partial charge in [-0.25, -0.2) is 9.18 Å². The Bertz CT molecular complexity index is 1480. The molecule has 2 fully saturated rings. The Morgan fingerprint density at radius 2 is 1.90 bits per heavy atom. The van der Waals surface area contributed by atoms with E-state index in [4.69, 9.17) is 4.74 Å². The van der Waals surface area contributed by atoms with E-state index in [1.807, 2.05) is 0 Å². The summed E-state index contributed by atoms with van der Waals surface area (Å²) in [5.41, 5.74) is -0.267. The number of carbonyl (C=O) groups excluding carboxylic acids is 4. The van der Waals surface area contributed by atoms with Crippen molar-refractivity contribution in [1.82, 2.24) is 20.1 Å². The number of ether oxygens (including phenoxy) is 1. The number of rotatable bonds is 7. The summed E-state index contributed by atoms with van der Waals surface area (Å²) in [5.74, 6) is -3.16. The van der Waals surface area contributed by atoms with Crippen molar-refractivity contribution in [2.75, 3.05) is 13.1 Å². The van der Waals surface area contributed by atoms with Gasteiger partial charge in [-0.05, 0) is 61.2 Å². The first-order valence-electron chi connectivity index (χ1n) is 13.2. The number of pyridine rings is 1. The minimum absolute atomic E-state index is 0.0605. The Morgan fingerprint density at radius 1 is 1.17 bits per heavy atom. The Morgan fingerprint density at radius 3 is 2.57 bits per heavy atom. The molecule has 1 aromatic carbocycles. The van der Waals surface area contributed by atoms with Crippen LogP contribution in [0.3, 0.4) is 0 Å². The number of hydrogen-bond donors (Lipinski definition) is 1. The number of nitrogens with zero attached hydrogens (tertiary/aromatic N) is 3. The average molecular weight is 587 g/mol. The van der Waals surface area contributed by atoms with Crippen LogP contribution in [0.15, 0.2) is 72.1 Å². The monoisotopic (exact) mass is 586 g/mol. The summed E-state index contributed by atoms with van der Waals surface area (Å²) < 4.78 is 59.9. The zero-order chi connectivity index (χ0) is 30.2. The van der Waals surface area contributed by atoms with E-state index < -0.39 is 60.6 Å². The number of aromatic nitrogens is 1. The number of alkyl halides is 3. The summed E-state index contributed by atoms with van der Waals surface area (Å²) in [5, 5.41) is 2.56. The van der Waals surface area contributed by atoms with Crippen LogP contribution in [-0.2, 0) is 20.9 Å². The molecular weight excluding hydrogens is 560 g/mol. The molecule has 0 bridgehead atoms. The quantitative estimate of drug-likeness (QED) is 0.493. The summed E-state index contributed by atoms with van der Waals surface area (Å²) in [6.07, 6.45) is -0.627. The molecule has 0 radical (unpaired) electrons. The first kappa shape index (κ1) is 29.0. The largest absolute Gasteiger partial charge is 0.436 e. The predicted molar refractivity (Wildman–Crippen MR) is 139 cm³/mol. The van der Waals surface area contributed by atoms with Gasteiger partial charge in [0.25, 0.3) is 5.91 Å². The highest BCUT2D eigenvalue weighted by Gasteiger charge is 2.56. The van der Waals surface area contributed by atoms with Crippen LogP contribution in [0.2, 0.25) is 0 Å². The third kappa shape index (κ3) is 5.63. The van der Waals surface area contributed by atoms with Crippen molar-refractivity contribution in [2.45, 2.75) is 44.1 Å². The van der Waals surface area contributed by atoms with E-state index in [-0.39, 0.29) is 35.7 Å². The van der Waals surface area contributed by atoms with E-state index in [1.54, 1.807) is 18.2 Å². The van der Waals surface area contributed by atoms with E-state index in [0.29, 0.717) is 16.9 Å². The molecule has 1 saturated carbocycles. The summed E-state index contributed by atoms with van der Waals surface area (Å²) in [6, 6.07) is 7.33. The van der Waals surface area contributed by atoms with Gasteiger partial charge in [0.05, 0.1) is 12.2 Å². The molecule has 5 rings (SSSR count). The lowest BCUT2D eigenvalue weighted by molar-refractivity contribution is -0.187. The smallest absolute Gasteiger partial charge is 0.411 e. The van der Waals surface area contributed by atoms with Gasteiger partial charge < -0.3 is 15.0 Å². The van der Waals surface area contributed by atoms with E-state index in [2.05, 4.69) is 10.3 Å². The Kier molecular flexibility index (Phi) is 7.60. The number of hydrogen-bond acceptors (Lipinski definition) is 6. The van der Waals surface area contributed by atoms with Gasteiger partial charge in [-0.15, -0.1) is 0 Å². The van der Waals surface area contributed by atoms with Crippen molar-refractivity contribution in [1.29, 1.82) is 0 Å². The highest BCUT2D eigenvalue weighted by Crippen LogP contribution is 2.48. The Hall–Kier alpha value is -4.55. The fourth-order valence-corrected chi connectivity index (χ4v) is 5.46. The van der Waals surface area contributed by atoms with Crippen LogP contribution < -0.4 is 5.32 Å². The van der Waals surface area contributed by atoms with Crippen molar-refractivity contribution in [3.05, 3.63) is 89.2 Å². The number of allylic oxidation sites excluding steroid dienone is 3. The first-order chi connectivity index (χ1) is 19.9. The third-order valence-corrected chi connectivity index (χ3v) is 7.74. The molecule has 9 nitrogen and oxygen atoms in total. The maximum absolute atomic E-state index is 13.7. The Labute approximate surface area is 237 Å². The molecule has 42 heavy (non-hydrogen) atoms. The molecule has 2 aromatic rings. The van der Waals surface area contributed by atoms with E-state index in [9.17, 15) is 36.7 Å². The number of Topliss-reactive ketones (excluding diaryl/α,β-unsaturated/α-hetero) is 1. The van der Waals surface area contributed by atoms with Crippen LogP contribution >= 0.6 is 0 Å². The van der Waals surface area contributed by atoms with Crippen LogP contribution in [0.1, 0.15) is 35.8 Å². The molecule has 2 unspecified atom stereocenters. The van der Waals surface area contributed by atoms with Gasteiger partial charge in [-0.3, -0.25) is 24.3 Å². The maximum Gasteiger partial charge on any atom is 0.411 e. The van der Waals surface area contributed by atoms with Gasteiger partial charge in [0, 0.05) is 18.7 Å². The number of amides is 3. The molecule has 2 heterocycles. The van der Waals surface area contributed by atoms with Gasteiger partial charge >= 0.3 is 12.3 Å². The van der Waals surface area contributed by atoms with Gasteiger partial charge in [0.15, 0.2) is 11.4 Å². The molecule has 13 heteroatoms. The minimum atomic E-state index is -4.75. The molecule has 1 aliphatic heterocycles. The molecule has 3 amide bonds. The number of benzene rings is 1. The van der Waals surface area contributed by atoms with Gasteiger partial charge in [0.1, 0.15) is 24.1 Å². The molecule has 3 atom stereocenters. The normalized spacial score (nSPS) is 22.3. The third-order valence-electron chi connectivity index (χ3n) is 7.74. The summed E-state index contributed by atoms with van der Waals surface area (Å²) >= 11 is 0. The van der Waals surface area contributed by atoms with Gasteiger partial charge in [-0.2, -0.15) is 13.2 Å². The fraction of sp³-hybridized carbons (Fsp3) is 0.345. The zero-order valence-corrected chi connectivity index (χ0v) is 22.4. The lowest BCUT2D eigenvalue weighted by Gasteiger charge is -2.32. The van der Waals surface area contributed by atoms with Crippen molar-refractivity contribution < 1.29 is 41.5 Å². The van der Waals surface area contributed by atoms with Crippen molar-refractivity contribution in [3.8, 4) is 0 Å². The van der Waals surface area contributed by atoms with E-state index in [0.717, 1.165) is 24.0 Å². The zero-order valence-electron chi connectivity index (χ0n) is 22.4. The molecule has 2 aliphatic carbocycles. The highest BCUT2D eigenvalue weighted by molar-refractivity contribution is 6.06. The SMILES string of the molecule is CC(N(Cc1ccc(F)cc1)C(=O)CN1C[C@]2(CCC3C(=O)C(NC(=O)c4ccccn4)=CC=C32)OC1=O)C(F)(F)F. The topological polar surface area (TPSA) is 109 Å². The summed E-state index contributed by atoms with van der Waals surface area (Å²) in [6.45, 7) is -0.439. The van der Waals surface area contributed by atoms with Gasteiger partial charge in [-0.1, -0.05) is 24.3 Å². The molecule has 3 aliphatic rings. The average Bonchev–Trinajstić information content (AvgIpc) is 3.47. The van der Waals surface area contributed by atoms with Crippen molar-refractivity contribution in [3.63, 3.8) is 0 Å². The van der Waals surface area contributed by atoms with Crippen LogP contribution in [-0.4, -0.2) is 69.4 Å². The predicted octanol–water partition coefficient (Wildman–Crippen LogP) is 3.92. The Balaban J connectivity index is 1.31. The van der Waals surface area contributed by atoms with Crippen LogP contribution in [0.4, 0.5) is 22.4 Å². The molecular formula is C29H26F4N4O5. The van der Waals surface area contributed by atoms with Crippen LogP contribution in [0.5, 0.6) is 0 Å². The molecule has 1 saturated heterocycles. The first-order valence-corrected chi connectivity index (χ1v) is 13.2. The molecule has 220 valence electrons. The highest BCUT2D eigenvalue weighted by atomic mass is 19.4. The van der Waals surface area contributed by atoms with Crippen molar-refractivity contribution in [2.24, 2.45) is 5.92 Å². The van der Waals surface area contributed by atoms with Gasteiger partial charge in [0.2, 0.25) is 5.91 Å². The fourth-order valence-electron chi connectivity index (χ4n) is 5.46. The standard InChI is InChI=1S/C29H26F4N4O5/c1-17(29(31,32)33)37(14-18-5-7-19(30)8-6-18)24(38)15-36-16-28(42-27(36)41)12-11-20-21(28)9-10-22(25(20)39)35-26(40)23-4-2-3-13-34-23/h2-10,13,17,20H,11-12,14-16H2,1H3,(H,35,40)/t17?,20?,28-/m0/s1. The second-order valence-electron chi connectivity index (χ2n) is 10.4. The number of nitrogens with one attached hydrogen (secondary N) is 1. The van der Waals surface area contributed by atoms with Crippen molar-refractivity contribution >= 4 is 23.7 Å². The second-order valence-corrected chi connectivity index (χ2v) is 10.4. The summed E-state index contributed by atoms with van der Waals surface area (Å²) in [4.78, 5) is 57.3. The number of ketones is 1. The lowest BCUT2D eigenvalue weighted by Crippen LogP contribution is -2.50. The molecule has 1 N–H and O–H groups in total. The maximum atomic E-state index is 13.7. The minimum Gasteiger partial charge on any atom is -0.436 e. The second kappa shape index (κ2) is 11.0. The van der Waals surface area contributed by atoms with Crippen LogP contribution in [0.25, 0.3) is 0 Å². The molecule has 1 aromatic heterocycles. The molecule has 1 spiro atoms. The van der Waals surface area contributed by atoms with Crippen LogP contribution in [0, 0.1) is 11.7 Å². The number of carbonyl (C=O) groups is 4. The van der Waals surface area contributed by atoms with E-state index in [1.165, 1.54) is 30.5 Å². The number of fused-ring (bicyclic) bond motifs is 2. The lowest BCUT2D eigenvalue weighted by atomic mass is 9.85. The number of halogens is 4. The summed E-state index contributed by atoms with van der Waals surface area (Å²) in [7, 11) is 0. The van der Waals surface area contributed by atoms with E-state index >= 15 is 0 Å².